The predicted molar refractivity (Wildman–Crippen MR) is 511 cm³/mol. The minimum absolute atomic E-state index is 1.04. The summed E-state index contributed by atoms with van der Waals surface area (Å²) in [7, 11) is 0. The van der Waals surface area contributed by atoms with Crippen LogP contribution in [-0.4, -0.2) is 18.3 Å². The number of unbranched alkanes of at least 4 members (excludes halogenated alkanes) is 36. The number of nitrogens with zero attached hydrogens (tertiary/aromatic N) is 4. The lowest BCUT2D eigenvalue weighted by atomic mass is 9.81. The van der Waals surface area contributed by atoms with Gasteiger partial charge in [-0.15, -0.1) is 0 Å². The van der Waals surface area contributed by atoms with Gasteiger partial charge in [-0.2, -0.15) is 0 Å². The Hall–Kier alpha value is -9.12. The van der Waals surface area contributed by atoms with E-state index in [4.69, 9.17) is 0 Å². The molecule has 0 aliphatic carbocycles. The molecule has 0 unspecified atom stereocenters. The maximum Gasteiger partial charge on any atom is 0.0491 e. The number of aromatic nitrogens is 4. The van der Waals surface area contributed by atoms with Crippen molar-refractivity contribution in [2.24, 2.45) is 0 Å². The van der Waals surface area contributed by atoms with Crippen molar-refractivity contribution in [2.45, 2.75) is 311 Å². The summed E-state index contributed by atoms with van der Waals surface area (Å²) < 4.78 is 10.6. The van der Waals surface area contributed by atoms with Crippen molar-refractivity contribution >= 4 is 120 Å². The summed E-state index contributed by atoms with van der Waals surface area (Å²) in [5.74, 6) is 0. The van der Waals surface area contributed by atoms with E-state index >= 15 is 0 Å². The van der Waals surface area contributed by atoms with Crippen molar-refractivity contribution in [3.05, 3.63) is 206 Å². The van der Waals surface area contributed by atoms with Crippen LogP contribution in [0.3, 0.4) is 0 Å². The van der Waals surface area contributed by atoms with Crippen molar-refractivity contribution in [2.75, 3.05) is 0 Å². The summed E-state index contributed by atoms with van der Waals surface area (Å²) in [5.41, 5.74) is 21.0. The molecule has 602 valence electrons. The van der Waals surface area contributed by atoms with Gasteiger partial charge >= 0.3 is 0 Å². The quantitative estimate of drug-likeness (QED) is 0.0268. The second-order valence-corrected chi connectivity index (χ2v) is 35.3. The number of hydrogen-bond donors (Lipinski definition) is 0. The normalized spacial score (nSPS) is 12.3. The maximum absolute atomic E-state index is 2.65. The van der Waals surface area contributed by atoms with Crippen molar-refractivity contribution < 1.29 is 0 Å². The van der Waals surface area contributed by atoms with Crippen LogP contribution in [0.2, 0.25) is 0 Å². The molecule has 4 heteroatoms. The first kappa shape index (κ1) is 80.7. The fraction of sp³-hybridized carbons (Fsp3) is 0.429. The molecular formula is C112H134N4. The first-order chi connectivity index (χ1) is 57.5. The number of rotatable bonds is 48. The molecule has 0 atom stereocenters. The van der Waals surface area contributed by atoms with Crippen LogP contribution in [0.15, 0.2) is 206 Å². The van der Waals surface area contributed by atoms with Crippen LogP contribution in [0.1, 0.15) is 285 Å². The Morgan fingerprint density at radius 2 is 0.336 bits per heavy atom. The highest BCUT2D eigenvalue weighted by Gasteiger charge is 2.25. The second-order valence-electron chi connectivity index (χ2n) is 35.3. The molecule has 0 amide bonds. The second kappa shape index (κ2) is 39.9. The molecule has 0 aliphatic heterocycles. The van der Waals surface area contributed by atoms with Crippen LogP contribution in [0.25, 0.3) is 164 Å². The molecule has 116 heavy (non-hydrogen) atoms. The largest absolute Gasteiger partial charge is 0.340 e. The van der Waals surface area contributed by atoms with Crippen LogP contribution >= 0.6 is 0 Å². The smallest absolute Gasteiger partial charge is 0.0491 e. The summed E-state index contributed by atoms with van der Waals surface area (Å²) in [4.78, 5) is 0. The van der Waals surface area contributed by atoms with Crippen LogP contribution in [0.5, 0.6) is 0 Å². The zero-order valence-corrected chi connectivity index (χ0v) is 71.5. The van der Waals surface area contributed by atoms with Gasteiger partial charge in [-0.3, -0.25) is 0 Å². The average Bonchev–Trinajstić information content (AvgIpc) is 1.34. The topological polar surface area (TPSA) is 19.7 Å². The Kier molecular flexibility index (Phi) is 27.7. The molecule has 0 radical (unpaired) electrons. The van der Waals surface area contributed by atoms with Gasteiger partial charge in [0.05, 0.1) is 0 Å². The molecule has 0 aliphatic rings. The zero-order valence-electron chi connectivity index (χ0n) is 71.5. The molecule has 0 spiro atoms. The lowest BCUT2D eigenvalue weighted by Gasteiger charge is -2.22. The van der Waals surface area contributed by atoms with Crippen LogP contribution < -0.4 is 0 Å². The Balaban J connectivity index is 0.840. The minimum atomic E-state index is 1.04. The number of fused-ring (bicyclic) bond motifs is 12. The fourth-order valence-electron chi connectivity index (χ4n) is 20.8. The van der Waals surface area contributed by atoms with Crippen molar-refractivity contribution in [3.8, 4) is 44.5 Å². The third kappa shape index (κ3) is 17.7. The van der Waals surface area contributed by atoms with E-state index in [9.17, 15) is 0 Å². The Bertz CT molecular complexity index is 5180. The molecule has 0 saturated carbocycles. The summed E-state index contributed by atoms with van der Waals surface area (Å²) in [6, 6.07) is 82.7. The molecule has 0 fully saturated rings. The lowest BCUT2D eigenvalue weighted by Crippen LogP contribution is -1.98. The van der Waals surface area contributed by atoms with E-state index in [-0.39, 0.29) is 0 Å². The van der Waals surface area contributed by atoms with Crippen molar-refractivity contribution in [1.29, 1.82) is 0 Å². The van der Waals surface area contributed by atoms with E-state index < -0.39 is 0 Å². The third-order valence-corrected chi connectivity index (χ3v) is 27.2. The van der Waals surface area contributed by atoms with Gasteiger partial charge in [-0.25, -0.2) is 0 Å². The molecule has 0 saturated heterocycles. The molecule has 12 aromatic carbocycles. The Morgan fingerprint density at radius 1 is 0.155 bits per heavy atom. The average molecular weight is 1540 g/mol. The van der Waals surface area contributed by atoms with Gasteiger partial charge in [-0.05, 0) is 187 Å². The van der Waals surface area contributed by atoms with E-state index in [2.05, 4.69) is 252 Å². The van der Waals surface area contributed by atoms with Crippen molar-refractivity contribution in [3.63, 3.8) is 0 Å². The van der Waals surface area contributed by atoms with Crippen LogP contribution in [0, 0.1) is 0 Å². The predicted octanol–water partition coefficient (Wildman–Crippen LogP) is 35.4. The number of benzene rings is 12. The van der Waals surface area contributed by atoms with Crippen molar-refractivity contribution in [1.82, 2.24) is 18.3 Å². The maximum atomic E-state index is 2.65. The van der Waals surface area contributed by atoms with Gasteiger partial charge in [-0.1, -0.05) is 380 Å². The summed E-state index contributed by atoms with van der Waals surface area (Å²) in [6.07, 6.45) is 53.6. The number of para-hydroxylation sites is 4. The van der Waals surface area contributed by atoms with Crippen LogP contribution in [0.4, 0.5) is 0 Å². The van der Waals surface area contributed by atoms with Gasteiger partial charge in [0.15, 0.2) is 0 Å². The number of aryl methyl sites for hydroxylation is 4. The first-order valence-electron chi connectivity index (χ1n) is 47.4. The van der Waals surface area contributed by atoms with Gasteiger partial charge in [0.1, 0.15) is 0 Å². The third-order valence-electron chi connectivity index (χ3n) is 27.2. The van der Waals surface area contributed by atoms with Gasteiger partial charge in [0.25, 0.3) is 0 Å². The first-order valence-corrected chi connectivity index (χ1v) is 47.4. The lowest BCUT2D eigenvalue weighted by molar-refractivity contribution is 0.541. The van der Waals surface area contributed by atoms with E-state index in [0.29, 0.717) is 0 Å². The highest BCUT2D eigenvalue weighted by Crippen LogP contribution is 2.51. The van der Waals surface area contributed by atoms with Gasteiger partial charge < -0.3 is 18.3 Å². The number of hydrogen-bond acceptors (Lipinski definition) is 0. The highest BCUT2D eigenvalue weighted by molar-refractivity contribution is 6.33. The fourth-order valence-corrected chi connectivity index (χ4v) is 20.8. The standard InChI is InChI=1S/C112H134N4/c1-5-9-13-17-21-25-29-33-37-49-73-113-103-57-45-41-53-87(103)99-77-83(61-69-107(99)113)95-81-96(84-62-70-108-100(78-84)88-54-42-46-58-104(88)114(108)74-50-38-34-30-26-22-18-14-10-6-2)92-67-68-94-98(86-64-72-110-102(80-86)90-56-44-48-60-106(90)116(110)76-52-40-36-32-28-24-20-16-12-8-4)82-97(93-66-65-91(95)111(92)112(93)94)85-63-71-109-101(79-85)89-55-43-47-59-105(89)115(109)75-51-39-35-31-27-23-19-15-11-7-3/h41-48,53-72,77-82H,5-40,49-52,73-76H2,1-4H3. The Labute approximate surface area is 694 Å². The summed E-state index contributed by atoms with van der Waals surface area (Å²) in [5, 5.41) is 18.7. The monoisotopic (exact) mass is 1540 g/mol. The zero-order chi connectivity index (χ0) is 78.8. The SMILES string of the molecule is CCCCCCCCCCCCn1c2ccccc2c2cc(-c3cc(-c4ccc5c(c4)c4ccccc4n5CCCCCCCCCCCC)c4ccc5c(-c6ccc7c(c6)c6ccccc6n7CCCCCCCCCCCC)cc(-c6ccc7c(c6)c6ccccc6n7CCCCCCCCCCCC)c6ccc3c4c65)ccc21. The molecule has 0 N–H and O–H groups in total. The summed E-state index contributed by atoms with van der Waals surface area (Å²) in [6.45, 7) is 13.4. The molecule has 4 aromatic heterocycles. The van der Waals surface area contributed by atoms with Gasteiger partial charge in [0.2, 0.25) is 0 Å². The molecular weight excluding hydrogens is 1400 g/mol. The van der Waals surface area contributed by atoms with E-state index in [1.807, 2.05) is 0 Å². The van der Waals surface area contributed by atoms with E-state index in [0.717, 1.165) is 26.2 Å². The van der Waals surface area contributed by atoms with Crippen LogP contribution in [-0.2, 0) is 26.2 Å². The van der Waals surface area contributed by atoms with E-state index in [1.165, 1.54) is 421 Å². The van der Waals surface area contributed by atoms with E-state index in [1.54, 1.807) is 0 Å². The van der Waals surface area contributed by atoms with Gasteiger partial charge in [0, 0.05) is 113 Å². The summed E-state index contributed by atoms with van der Waals surface area (Å²) >= 11 is 0. The molecule has 0 bridgehead atoms. The molecule has 4 nitrogen and oxygen atoms in total. The molecule has 4 heterocycles. The molecule has 16 aromatic rings. The highest BCUT2D eigenvalue weighted by atomic mass is 15.0. The molecule has 16 rings (SSSR count). The Morgan fingerprint density at radius 3 is 0.543 bits per heavy atom. The minimum Gasteiger partial charge on any atom is -0.340 e.